The fraction of sp³-hybridized carbons (Fsp3) is 0.500. The van der Waals surface area contributed by atoms with Crippen LogP contribution in [0.4, 0.5) is 0 Å². The van der Waals surface area contributed by atoms with E-state index in [9.17, 15) is 0 Å². The van der Waals surface area contributed by atoms with Gasteiger partial charge in [-0.15, -0.1) is 0 Å². The molecule has 0 aliphatic carbocycles. The Hall–Kier alpha value is -0.760. The fourth-order valence-corrected chi connectivity index (χ4v) is 0.444. The summed E-state index contributed by atoms with van der Waals surface area (Å²) < 4.78 is 4.84. The minimum absolute atomic E-state index is 0.0758. The Morgan fingerprint density at radius 1 is 1.70 bits per heavy atom. The number of nitrogens with two attached hydrogens (primary N) is 1. The zero-order valence-electron chi connectivity index (χ0n) is 6.85. The van der Waals surface area contributed by atoms with Gasteiger partial charge in [-0.2, -0.15) is 0 Å². The normalized spacial score (nSPS) is 14.6. The van der Waals surface area contributed by atoms with Crippen LogP contribution in [0.5, 0.6) is 0 Å². The van der Waals surface area contributed by atoms with E-state index < -0.39 is 0 Å². The van der Waals surface area contributed by atoms with E-state index in [4.69, 9.17) is 10.5 Å². The monoisotopic (exact) mass is 141 g/mol. The van der Waals surface area contributed by atoms with Crippen LogP contribution < -0.4 is 5.73 Å². The molecule has 10 heavy (non-hydrogen) atoms. The third kappa shape index (κ3) is 3.30. The first kappa shape index (κ1) is 9.24. The van der Waals surface area contributed by atoms with Gasteiger partial charge in [0.2, 0.25) is 0 Å². The first-order valence-electron chi connectivity index (χ1n) is 3.24. The molecule has 2 N–H and O–H groups in total. The van der Waals surface area contributed by atoms with Crippen molar-refractivity contribution in [3.8, 4) is 0 Å². The maximum absolute atomic E-state index is 5.57. The van der Waals surface area contributed by atoms with E-state index in [1.165, 1.54) is 0 Å². The molecular weight excluding hydrogens is 126 g/mol. The second-order valence-corrected chi connectivity index (χ2v) is 2.35. The number of allylic oxidation sites excluding steroid dienone is 1. The van der Waals surface area contributed by atoms with Crippen molar-refractivity contribution in [2.24, 2.45) is 5.73 Å². The van der Waals surface area contributed by atoms with Crippen molar-refractivity contribution in [1.82, 2.24) is 0 Å². The molecule has 0 saturated carbocycles. The molecule has 58 valence electrons. The van der Waals surface area contributed by atoms with Gasteiger partial charge in [0.1, 0.15) is 5.76 Å². The Morgan fingerprint density at radius 2 is 2.20 bits per heavy atom. The van der Waals surface area contributed by atoms with Crippen molar-refractivity contribution >= 4 is 0 Å². The maximum Gasteiger partial charge on any atom is 0.111 e. The lowest BCUT2D eigenvalue weighted by molar-refractivity contribution is 0.308. The van der Waals surface area contributed by atoms with Gasteiger partial charge in [0.25, 0.3) is 0 Å². The van der Waals surface area contributed by atoms with E-state index in [-0.39, 0.29) is 6.04 Å². The molecule has 0 aliphatic heterocycles. The van der Waals surface area contributed by atoms with E-state index in [1.807, 2.05) is 19.9 Å². The van der Waals surface area contributed by atoms with Crippen LogP contribution in [0.3, 0.4) is 0 Å². The van der Waals surface area contributed by atoms with E-state index in [0.717, 1.165) is 5.57 Å². The van der Waals surface area contributed by atoms with Crippen LogP contribution in [0.2, 0.25) is 0 Å². The quantitative estimate of drug-likeness (QED) is 0.477. The smallest absolute Gasteiger partial charge is 0.111 e. The van der Waals surface area contributed by atoms with E-state index in [2.05, 4.69) is 6.58 Å². The summed E-state index contributed by atoms with van der Waals surface area (Å²) in [5, 5.41) is 0. The standard InChI is InChI=1S/C8H15NO/c1-6(8(3)9)5-7(2)10-4/h5,8H,2,9H2,1,3-4H3/b6-5-. The fourth-order valence-electron chi connectivity index (χ4n) is 0.444. The molecule has 0 radical (unpaired) electrons. The zero-order chi connectivity index (χ0) is 8.15. The SMILES string of the molecule is C=C(/C=C(/C)C(C)N)OC. The molecule has 0 aliphatic rings. The summed E-state index contributed by atoms with van der Waals surface area (Å²) in [6.07, 6.45) is 1.84. The van der Waals surface area contributed by atoms with Gasteiger partial charge in [-0.3, -0.25) is 0 Å². The van der Waals surface area contributed by atoms with Crippen molar-refractivity contribution in [3.05, 3.63) is 24.0 Å². The van der Waals surface area contributed by atoms with Gasteiger partial charge in [-0.05, 0) is 19.9 Å². The van der Waals surface area contributed by atoms with Gasteiger partial charge in [0, 0.05) is 6.04 Å². The van der Waals surface area contributed by atoms with Gasteiger partial charge in [-0.1, -0.05) is 12.2 Å². The summed E-state index contributed by atoms with van der Waals surface area (Å²) in [4.78, 5) is 0. The third-order valence-electron chi connectivity index (χ3n) is 1.37. The largest absolute Gasteiger partial charge is 0.497 e. The number of rotatable bonds is 3. The molecule has 0 bridgehead atoms. The lowest BCUT2D eigenvalue weighted by Crippen LogP contribution is -2.16. The Kier molecular flexibility index (Phi) is 3.81. The minimum Gasteiger partial charge on any atom is -0.497 e. The Morgan fingerprint density at radius 3 is 2.50 bits per heavy atom. The summed E-state index contributed by atoms with van der Waals surface area (Å²) in [5.41, 5.74) is 6.65. The summed E-state index contributed by atoms with van der Waals surface area (Å²) in [5.74, 6) is 0.648. The molecule has 0 heterocycles. The predicted octanol–water partition coefficient (Wildman–Crippen LogP) is 1.44. The second kappa shape index (κ2) is 4.12. The lowest BCUT2D eigenvalue weighted by atomic mass is 10.1. The van der Waals surface area contributed by atoms with Crippen LogP contribution in [-0.4, -0.2) is 13.2 Å². The molecule has 0 aromatic carbocycles. The molecule has 2 heteroatoms. The second-order valence-electron chi connectivity index (χ2n) is 2.35. The van der Waals surface area contributed by atoms with Gasteiger partial charge in [0.05, 0.1) is 7.11 Å². The molecule has 0 aromatic rings. The van der Waals surface area contributed by atoms with Crippen LogP contribution >= 0.6 is 0 Å². The van der Waals surface area contributed by atoms with E-state index in [0.29, 0.717) is 5.76 Å². The van der Waals surface area contributed by atoms with Crippen molar-refractivity contribution in [3.63, 3.8) is 0 Å². The van der Waals surface area contributed by atoms with E-state index >= 15 is 0 Å². The van der Waals surface area contributed by atoms with Crippen LogP contribution in [0, 0.1) is 0 Å². The molecule has 2 nitrogen and oxygen atoms in total. The molecule has 0 saturated heterocycles. The molecule has 1 unspecified atom stereocenters. The Balaban J connectivity index is 4.03. The minimum atomic E-state index is 0.0758. The highest BCUT2D eigenvalue weighted by molar-refractivity contribution is 5.17. The van der Waals surface area contributed by atoms with Crippen molar-refractivity contribution in [2.75, 3.05) is 7.11 Å². The summed E-state index contributed by atoms with van der Waals surface area (Å²) in [6, 6.07) is 0.0758. The van der Waals surface area contributed by atoms with Crippen LogP contribution in [0.25, 0.3) is 0 Å². The molecule has 1 atom stereocenters. The average Bonchev–Trinajstić information content (AvgIpc) is 1.87. The Labute approximate surface area is 62.4 Å². The number of hydrogen-bond donors (Lipinski definition) is 1. The third-order valence-corrected chi connectivity index (χ3v) is 1.37. The zero-order valence-corrected chi connectivity index (χ0v) is 6.85. The van der Waals surface area contributed by atoms with Gasteiger partial charge in [-0.25, -0.2) is 0 Å². The highest BCUT2D eigenvalue weighted by Gasteiger charge is 1.95. The lowest BCUT2D eigenvalue weighted by Gasteiger charge is -2.05. The highest BCUT2D eigenvalue weighted by atomic mass is 16.5. The van der Waals surface area contributed by atoms with E-state index in [1.54, 1.807) is 7.11 Å². The predicted molar refractivity (Wildman–Crippen MR) is 43.6 cm³/mol. The molecule has 0 spiro atoms. The number of hydrogen-bond acceptors (Lipinski definition) is 2. The van der Waals surface area contributed by atoms with Crippen LogP contribution in [0.1, 0.15) is 13.8 Å². The number of methoxy groups -OCH3 is 1. The van der Waals surface area contributed by atoms with Crippen molar-refractivity contribution in [1.29, 1.82) is 0 Å². The van der Waals surface area contributed by atoms with Crippen LogP contribution in [0.15, 0.2) is 24.0 Å². The summed E-state index contributed by atoms with van der Waals surface area (Å²) in [7, 11) is 1.59. The summed E-state index contributed by atoms with van der Waals surface area (Å²) >= 11 is 0. The number of ether oxygens (including phenoxy) is 1. The molecule has 0 amide bonds. The van der Waals surface area contributed by atoms with Crippen LogP contribution in [-0.2, 0) is 4.74 Å². The van der Waals surface area contributed by atoms with Crippen molar-refractivity contribution < 1.29 is 4.74 Å². The van der Waals surface area contributed by atoms with Crippen molar-refractivity contribution in [2.45, 2.75) is 19.9 Å². The molecule has 0 rings (SSSR count). The molecular formula is C8H15NO. The topological polar surface area (TPSA) is 35.2 Å². The van der Waals surface area contributed by atoms with Gasteiger partial charge in [0.15, 0.2) is 0 Å². The first-order chi connectivity index (χ1) is 4.57. The maximum atomic E-state index is 5.57. The Bertz CT molecular complexity index is 147. The summed E-state index contributed by atoms with van der Waals surface area (Å²) in [6.45, 7) is 7.52. The molecule has 0 fully saturated rings. The van der Waals surface area contributed by atoms with Gasteiger partial charge >= 0.3 is 0 Å². The molecule has 0 aromatic heterocycles. The first-order valence-corrected chi connectivity index (χ1v) is 3.24. The highest BCUT2D eigenvalue weighted by Crippen LogP contribution is 2.02. The average molecular weight is 141 g/mol. The van der Waals surface area contributed by atoms with Gasteiger partial charge < -0.3 is 10.5 Å².